The average molecular weight is 350 g/mol. The van der Waals surface area contributed by atoms with Crippen LogP contribution in [0.5, 0.6) is 5.75 Å². The van der Waals surface area contributed by atoms with E-state index in [-0.39, 0.29) is 21.8 Å². The number of hydrogen-bond acceptors (Lipinski definition) is 4. The predicted octanol–water partition coefficient (Wildman–Crippen LogP) is 3.65. The van der Waals surface area contributed by atoms with Crippen LogP contribution in [0.4, 0.5) is 8.78 Å². The first-order valence-corrected chi connectivity index (χ1v) is 7.70. The van der Waals surface area contributed by atoms with Crippen molar-refractivity contribution in [1.29, 1.82) is 0 Å². The van der Waals surface area contributed by atoms with Gasteiger partial charge >= 0.3 is 5.03 Å². The summed E-state index contributed by atoms with van der Waals surface area (Å²) < 4.78 is 32.7. The van der Waals surface area contributed by atoms with E-state index in [1.165, 1.54) is 14.0 Å². The lowest BCUT2D eigenvalue weighted by atomic mass is 10.2. The Labute approximate surface area is 139 Å². The number of benzene rings is 2. The minimum atomic E-state index is -1.18. The SMILES string of the molecule is COc1ccc(Sc2c(C)n([O-])c3cc(F)c(F)cc3[n+]2=O)cc1. The number of halogens is 2. The molecule has 3 rings (SSSR count). The fraction of sp³-hybridized carbons (Fsp3) is 0.125. The Morgan fingerprint density at radius 2 is 1.79 bits per heavy atom. The summed E-state index contributed by atoms with van der Waals surface area (Å²) in [4.78, 5) is 13.2. The van der Waals surface area contributed by atoms with Crippen LogP contribution in [0.1, 0.15) is 5.69 Å². The van der Waals surface area contributed by atoms with E-state index in [9.17, 15) is 18.9 Å². The Hall–Kier alpha value is -2.61. The topological polar surface area (TPSA) is 60.2 Å². The van der Waals surface area contributed by atoms with Crippen molar-refractivity contribution in [3.05, 3.63) is 63.8 Å². The van der Waals surface area contributed by atoms with Gasteiger partial charge in [-0.25, -0.2) is 8.78 Å². The van der Waals surface area contributed by atoms with E-state index in [4.69, 9.17) is 4.74 Å². The van der Waals surface area contributed by atoms with Gasteiger partial charge in [-0.2, -0.15) is 0 Å². The van der Waals surface area contributed by atoms with Gasteiger partial charge in [0.25, 0.3) is 5.52 Å². The molecule has 0 amide bonds. The van der Waals surface area contributed by atoms with Gasteiger partial charge in [-0.05, 0) is 43.0 Å². The molecule has 1 heterocycles. The molecular formula is C16H12F2N2O3S. The van der Waals surface area contributed by atoms with Gasteiger partial charge in [0.15, 0.2) is 11.6 Å². The molecule has 5 nitrogen and oxygen atoms in total. The van der Waals surface area contributed by atoms with Crippen molar-refractivity contribution < 1.29 is 17.9 Å². The van der Waals surface area contributed by atoms with Gasteiger partial charge in [0.1, 0.15) is 11.3 Å². The van der Waals surface area contributed by atoms with E-state index in [1.807, 2.05) is 0 Å². The highest BCUT2D eigenvalue weighted by Gasteiger charge is 2.23. The third kappa shape index (κ3) is 2.69. The van der Waals surface area contributed by atoms with Crippen LogP contribution in [-0.4, -0.2) is 11.8 Å². The van der Waals surface area contributed by atoms with E-state index in [0.29, 0.717) is 19.8 Å². The molecule has 0 fully saturated rings. The molecule has 0 aliphatic heterocycles. The fourth-order valence-corrected chi connectivity index (χ4v) is 3.15. The van der Waals surface area contributed by atoms with Crippen LogP contribution in [0.15, 0.2) is 46.3 Å². The summed E-state index contributed by atoms with van der Waals surface area (Å²) in [7, 11) is 1.54. The Balaban J connectivity index is 2.17. The summed E-state index contributed by atoms with van der Waals surface area (Å²) >= 11 is 1.06. The number of rotatable bonds is 3. The number of fused-ring (bicyclic) bond motifs is 1. The van der Waals surface area contributed by atoms with Gasteiger partial charge in [-0.1, -0.05) is 0 Å². The molecule has 0 aliphatic carbocycles. The molecule has 8 heteroatoms. The van der Waals surface area contributed by atoms with Crippen LogP contribution in [0.25, 0.3) is 11.0 Å². The van der Waals surface area contributed by atoms with Gasteiger partial charge in [0.2, 0.25) is 0 Å². The standard InChI is InChI=1S/C16H12F2N2O3S/c1-9-16(24-11-5-3-10(23-2)4-6-11)20(22)15-8-13(18)12(17)7-14(15)19(9)21/h3-8H,1-2H3. The molecule has 0 unspecified atom stereocenters. The largest absolute Gasteiger partial charge is 0.805 e. The Kier molecular flexibility index (Phi) is 4.15. The van der Waals surface area contributed by atoms with Crippen molar-refractivity contribution in [3.63, 3.8) is 0 Å². The van der Waals surface area contributed by atoms with E-state index in [1.54, 1.807) is 24.3 Å². The van der Waals surface area contributed by atoms with E-state index >= 15 is 0 Å². The fourth-order valence-electron chi connectivity index (χ4n) is 2.25. The van der Waals surface area contributed by atoms with Crippen molar-refractivity contribution in [2.24, 2.45) is 0 Å². The second-order valence-corrected chi connectivity index (χ2v) is 6.07. The summed E-state index contributed by atoms with van der Waals surface area (Å²) in [6.07, 6.45) is 0. The number of nitrogens with zero attached hydrogens (tertiary/aromatic N) is 2. The normalized spacial score (nSPS) is 11.0. The lowest BCUT2D eigenvalue weighted by Crippen LogP contribution is -2.24. The van der Waals surface area contributed by atoms with Gasteiger partial charge in [-0.15, -0.1) is 0 Å². The van der Waals surface area contributed by atoms with Gasteiger partial charge in [-0.3, -0.25) is 0 Å². The van der Waals surface area contributed by atoms with Gasteiger partial charge in [0, 0.05) is 15.9 Å². The molecule has 0 radical (unpaired) electrons. The molecule has 0 saturated heterocycles. The molecule has 3 aromatic rings. The molecular weight excluding hydrogens is 338 g/mol. The van der Waals surface area contributed by atoms with Crippen molar-refractivity contribution in [3.8, 4) is 5.75 Å². The number of aromatic nitrogens is 2. The van der Waals surface area contributed by atoms with Crippen LogP contribution in [0.2, 0.25) is 0 Å². The lowest BCUT2D eigenvalue weighted by molar-refractivity contribution is -0.511. The summed E-state index contributed by atoms with van der Waals surface area (Å²) in [5.41, 5.74) is -0.352. The average Bonchev–Trinajstić information content (AvgIpc) is 2.59. The van der Waals surface area contributed by atoms with Crippen molar-refractivity contribution in [2.45, 2.75) is 16.8 Å². The van der Waals surface area contributed by atoms with E-state index in [2.05, 4.69) is 0 Å². The maximum absolute atomic E-state index is 13.4. The first-order chi connectivity index (χ1) is 11.4. The second-order valence-electron chi connectivity index (χ2n) is 5.01. The van der Waals surface area contributed by atoms with Crippen LogP contribution in [-0.2, 0) is 0 Å². The molecule has 0 bridgehead atoms. The van der Waals surface area contributed by atoms with Crippen molar-refractivity contribution >= 4 is 22.8 Å². The monoisotopic (exact) mass is 350 g/mol. The molecule has 0 N–H and O–H groups in total. The molecule has 24 heavy (non-hydrogen) atoms. The zero-order valence-electron chi connectivity index (χ0n) is 12.7. The Morgan fingerprint density at radius 3 is 2.42 bits per heavy atom. The highest BCUT2D eigenvalue weighted by Crippen LogP contribution is 2.30. The third-order valence-corrected chi connectivity index (χ3v) is 4.69. The summed E-state index contributed by atoms with van der Waals surface area (Å²) in [6, 6.07) is 8.34. The second kappa shape index (κ2) is 6.12. The lowest BCUT2D eigenvalue weighted by Gasteiger charge is -2.16. The minimum Gasteiger partial charge on any atom is -0.805 e. The van der Waals surface area contributed by atoms with Crippen LogP contribution < -0.4 is 9.16 Å². The molecule has 0 spiro atoms. The first-order valence-electron chi connectivity index (χ1n) is 6.88. The maximum Gasteiger partial charge on any atom is 0.320 e. The molecule has 124 valence electrons. The molecule has 2 aromatic carbocycles. The number of methoxy groups -OCH3 is 1. The van der Waals surface area contributed by atoms with E-state index < -0.39 is 11.6 Å². The molecule has 0 saturated carbocycles. The smallest absolute Gasteiger partial charge is 0.320 e. The highest BCUT2D eigenvalue weighted by molar-refractivity contribution is 7.99. The minimum absolute atomic E-state index is 0.0914. The van der Waals surface area contributed by atoms with Crippen LogP contribution in [0.3, 0.4) is 0 Å². The third-order valence-electron chi connectivity index (χ3n) is 3.53. The van der Waals surface area contributed by atoms with Crippen LogP contribution in [0, 0.1) is 28.7 Å². The summed E-state index contributed by atoms with van der Waals surface area (Å²) in [5.74, 6) is -1.71. The zero-order valence-corrected chi connectivity index (χ0v) is 13.6. The zero-order chi connectivity index (χ0) is 17.4. The highest BCUT2D eigenvalue weighted by atomic mass is 32.2. The molecule has 0 atom stereocenters. The van der Waals surface area contributed by atoms with Crippen LogP contribution >= 0.6 is 11.8 Å². The first kappa shape index (κ1) is 16.3. The van der Waals surface area contributed by atoms with Gasteiger partial charge in [0.05, 0.1) is 23.3 Å². The summed E-state index contributed by atoms with van der Waals surface area (Å²) in [6.45, 7) is 1.45. The number of ether oxygens (including phenoxy) is 1. The Bertz CT molecular complexity index is 988. The maximum atomic E-state index is 13.4. The quantitative estimate of drug-likeness (QED) is 0.677. The van der Waals surface area contributed by atoms with Gasteiger partial charge < -0.3 is 14.7 Å². The van der Waals surface area contributed by atoms with E-state index in [0.717, 1.165) is 23.9 Å². The summed E-state index contributed by atoms with van der Waals surface area (Å²) in [5, 5.41) is 12.4. The molecule has 1 aromatic heterocycles. The predicted molar refractivity (Wildman–Crippen MR) is 85.8 cm³/mol. The van der Waals surface area contributed by atoms with Crippen molar-refractivity contribution in [1.82, 2.24) is 4.73 Å². The van der Waals surface area contributed by atoms with Crippen molar-refractivity contribution in [2.75, 3.05) is 7.11 Å². The Morgan fingerprint density at radius 1 is 1.17 bits per heavy atom. The molecule has 0 aliphatic rings. The number of hydrogen-bond donors (Lipinski definition) is 0.